The zero-order valence-corrected chi connectivity index (χ0v) is 12.6. The third kappa shape index (κ3) is 5.08. The second-order valence-corrected chi connectivity index (χ2v) is 5.19. The first-order chi connectivity index (χ1) is 10.1. The molecule has 0 unspecified atom stereocenters. The molecule has 0 spiro atoms. The zero-order chi connectivity index (χ0) is 15.1. The van der Waals surface area contributed by atoms with Crippen LogP contribution in [-0.2, 0) is 6.42 Å². The number of pyridine rings is 1. The molecule has 5 heteroatoms. The number of carbonyl (C=O) groups excluding carboxylic acids is 1. The molecule has 0 saturated carbocycles. The van der Waals surface area contributed by atoms with E-state index in [1.54, 1.807) is 6.20 Å². The van der Waals surface area contributed by atoms with Crippen molar-refractivity contribution >= 4 is 17.6 Å². The molecular formula is C16H18ClN3O. The first-order valence-corrected chi connectivity index (χ1v) is 7.22. The third-order valence-electron chi connectivity index (χ3n) is 3.07. The quantitative estimate of drug-likeness (QED) is 0.890. The fraction of sp³-hybridized carbons (Fsp3) is 0.250. The van der Waals surface area contributed by atoms with Crippen molar-refractivity contribution in [3.8, 4) is 0 Å². The van der Waals surface area contributed by atoms with Gasteiger partial charge in [0.05, 0.1) is 11.7 Å². The van der Waals surface area contributed by atoms with Crippen LogP contribution in [0.2, 0.25) is 5.02 Å². The van der Waals surface area contributed by atoms with Crippen LogP contribution in [0.25, 0.3) is 0 Å². The number of halogens is 1. The highest BCUT2D eigenvalue weighted by molar-refractivity contribution is 6.30. The number of hydrogen-bond donors (Lipinski definition) is 2. The van der Waals surface area contributed by atoms with Crippen molar-refractivity contribution in [3.05, 3.63) is 64.9 Å². The Morgan fingerprint density at radius 2 is 2.14 bits per heavy atom. The molecule has 2 aromatic rings. The standard InChI is InChI=1S/C16H18ClN3O/c1-12(15-7-2-3-9-18-15)20-16(21)19-10-8-13-5-4-6-14(17)11-13/h2-7,9,11-12H,8,10H2,1H3,(H2,19,20,21)/t12-/m0/s1. The molecule has 0 aliphatic heterocycles. The Morgan fingerprint density at radius 3 is 2.86 bits per heavy atom. The van der Waals surface area contributed by atoms with Gasteiger partial charge in [-0.2, -0.15) is 0 Å². The van der Waals surface area contributed by atoms with Crippen LogP contribution >= 0.6 is 11.6 Å². The van der Waals surface area contributed by atoms with Crippen LogP contribution in [-0.4, -0.2) is 17.6 Å². The molecule has 0 bridgehead atoms. The molecule has 0 aliphatic carbocycles. The van der Waals surface area contributed by atoms with Gasteiger partial charge in [0.15, 0.2) is 0 Å². The van der Waals surface area contributed by atoms with E-state index in [-0.39, 0.29) is 12.1 Å². The number of nitrogens with one attached hydrogen (secondary N) is 2. The molecule has 1 aromatic heterocycles. The van der Waals surface area contributed by atoms with E-state index in [9.17, 15) is 4.79 Å². The summed E-state index contributed by atoms with van der Waals surface area (Å²) in [5.74, 6) is 0. The van der Waals surface area contributed by atoms with Crippen LogP contribution in [0, 0.1) is 0 Å². The molecule has 0 fully saturated rings. The molecule has 1 aromatic carbocycles. The van der Waals surface area contributed by atoms with Gasteiger partial charge >= 0.3 is 6.03 Å². The van der Waals surface area contributed by atoms with Crippen molar-refractivity contribution in [2.24, 2.45) is 0 Å². The minimum atomic E-state index is -0.199. The highest BCUT2D eigenvalue weighted by atomic mass is 35.5. The molecule has 4 nitrogen and oxygen atoms in total. The summed E-state index contributed by atoms with van der Waals surface area (Å²) >= 11 is 5.92. The lowest BCUT2D eigenvalue weighted by molar-refractivity contribution is 0.238. The Bertz CT molecular complexity index is 589. The molecule has 1 atom stereocenters. The average Bonchev–Trinajstić information content (AvgIpc) is 2.48. The van der Waals surface area contributed by atoms with Crippen molar-refractivity contribution in [3.63, 3.8) is 0 Å². The average molecular weight is 304 g/mol. The monoisotopic (exact) mass is 303 g/mol. The molecule has 0 aliphatic rings. The molecular weight excluding hydrogens is 286 g/mol. The van der Waals surface area contributed by atoms with Crippen molar-refractivity contribution in [1.82, 2.24) is 15.6 Å². The molecule has 1 heterocycles. The first-order valence-electron chi connectivity index (χ1n) is 6.85. The molecule has 0 saturated heterocycles. The lowest BCUT2D eigenvalue weighted by Gasteiger charge is -2.14. The van der Waals surface area contributed by atoms with Crippen LogP contribution in [0.15, 0.2) is 48.7 Å². The Morgan fingerprint density at radius 1 is 1.29 bits per heavy atom. The summed E-state index contributed by atoms with van der Waals surface area (Å²) < 4.78 is 0. The van der Waals surface area contributed by atoms with Gasteiger partial charge < -0.3 is 10.6 Å². The Labute approximate surface area is 129 Å². The lowest BCUT2D eigenvalue weighted by Crippen LogP contribution is -2.38. The van der Waals surface area contributed by atoms with Gasteiger partial charge in [-0.25, -0.2) is 4.79 Å². The van der Waals surface area contributed by atoms with Gasteiger partial charge in [0.1, 0.15) is 0 Å². The summed E-state index contributed by atoms with van der Waals surface area (Å²) in [6, 6.07) is 12.9. The van der Waals surface area contributed by atoms with E-state index in [1.165, 1.54) is 0 Å². The van der Waals surface area contributed by atoms with E-state index in [4.69, 9.17) is 11.6 Å². The number of nitrogens with zero attached hydrogens (tertiary/aromatic N) is 1. The number of hydrogen-bond acceptors (Lipinski definition) is 2. The minimum Gasteiger partial charge on any atom is -0.338 e. The highest BCUT2D eigenvalue weighted by Gasteiger charge is 2.09. The van der Waals surface area contributed by atoms with Crippen LogP contribution in [0.3, 0.4) is 0 Å². The van der Waals surface area contributed by atoms with Gasteiger partial charge in [0, 0.05) is 17.8 Å². The number of urea groups is 1. The highest BCUT2D eigenvalue weighted by Crippen LogP contribution is 2.10. The Kier molecular flexibility index (Phi) is 5.58. The number of amides is 2. The maximum atomic E-state index is 11.8. The molecule has 110 valence electrons. The summed E-state index contributed by atoms with van der Waals surface area (Å²) in [6.07, 6.45) is 2.45. The van der Waals surface area contributed by atoms with Crippen LogP contribution in [0.1, 0.15) is 24.2 Å². The second-order valence-electron chi connectivity index (χ2n) is 4.76. The summed E-state index contributed by atoms with van der Waals surface area (Å²) in [5.41, 5.74) is 1.93. The SMILES string of the molecule is C[C@H](NC(=O)NCCc1cccc(Cl)c1)c1ccccn1. The van der Waals surface area contributed by atoms with Crippen molar-refractivity contribution in [2.75, 3.05) is 6.54 Å². The lowest BCUT2D eigenvalue weighted by atomic mass is 10.1. The second kappa shape index (κ2) is 7.64. The normalized spacial score (nSPS) is 11.7. The van der Waals surface area contributed by atoms with Gasteiger partial charge in [0.25, 0.3) is 0 Å². The molecule has 0 radical (unpaired) electrons. The molecule has 21 heavy (non-hydrogen) atoms. The van der Waals surface area contributed by atoms with Crippen molar-refractivity contribution < 1.29 is 4.79 Å². The smallest absolute Gasteiger partial charge is 0.315 e. The summed E-state index contributed by atoms with van der Waals surface area (Å²) in [6.45, 7) is 2.46. The maximum Gasteiger partial charge on any atom is 0.315 e. The topological polar surface area (TPSA) is 54.0 Å². The van der Waals surface area contributed by atoms with E-state index < -0.39 is 0 Å². The number of rotatable bonds is 5. The van der Waals surface area contributed by atoms with E-state index in [0.717, 1.165) is 17.7 Å². The maximum absolute atomic E-state index is 11.8. The summed E-state index contributed by atoms with van der Waals surface area (Å²) in [4.78, 5) is 16.0. The minimum absolute atomic E-state index is 0.127. The fourth-order valence-electron chi connectivity index (χ4n) is 1.97. The van der Waals surface area contributed by atoms with Crippen LogP contribution in [0.5, 0.6) is 0 Å². The summed E-state index contributed by atoms with van der Waals surface area (Å²) in [5, 5.41) is 6.39. The van der Waals surface area contributed by atoms with E-state index in [0.29, 0.717) is 11.6 Å². The van der Waals surface area contributed by atoms with Crippen molar-refractivity contribution in [2.45, 2.75) is 19.4 Å². The number of benzene rings is 1. The van der Waals surface area contributed by atoms with E-state index in [2.05, 4.69) is 15.6 Å². The Hall–Kier alpha value is -2.07. The van der Waals surface area contributed by atoms with Crippen molar-refractivity contribution in [1.29, 1.82) is 0 Å². The van der Waals surface area contributed by atoms with Gasteiger partial charge in [0.2, 0.25) is 0 Å². The first kappa shape index (κ1) is 15.3. The zero-order valence-electron chi connectivity index (χ0n) is 11.8. The van der Waals surface area contributed by atoms with E-state index in [1.807, 2.05) is 49.4 Å². The van der Waals surface area contributed by atoms with Gasteiger partial charge in [-0.05, 0) is 43.2 Å². The number of carbonyl (C=O) groups is 1. The van der Waals surface area contributed by atoms with Crippen LogP contribution < -0.4 is 10.6 Å². The third-order valence-corrected chi connectivity index (χ3v) is 3.30. The van der Waals surface area contributed by atoms with Gasteiger partial charge in [-0.15, -0.1) is 0 Å². The van der Waals surface area contributed by atoms with Crippen LogP contribution in [0.4, 0.5) is 4.79 Å². The summed E-state index contributed by atoms with van der Waals surface area (Å²) in [7, 11) is 0. The fourth-order valence-corrected chi connectivity index (χ4v) is 2.18. The largest absolute Gasteiger partial charge is 0.338 e. The predicted molar refractivity (Wildman–Crippen MR) is 84.3 cm³/mol. The predicted octanol–water partition coefficient (Wildman–Crippen LogP) is 3.34. The van der Waals surface area contributed by atoms with E-state index >= 15 is 0 Å². The van der Waals surface area contributed by atoms with Gasteiger partial charge in [-0.1, -0.05) is 29.8 Å². The molecule has 2 rings (SSSR count). The molecule has 2 N–H and O–H groups in total. The van der Waals surface area contributed by atoms with Gasteiger partial charge in [-0.3, -0.25) is 4.98 Å². The molecule has 2 amide bonds. The Balaban J connectivity index is 1.75. The number of aromatic nitrogens is 1.